The number of nitrogens with one attached hydrogen (secondary N) is 1. The lowest BCUT2D eigenvalue weighted by atomic mass is 10.1. The van der Waals surface area contributed by atoms with Gasteiger partial charge in [0.1, 0.15) is 24.6 Å². The molecule has 0 spiro atoms. The lowest BCUT2D eigenvalue weighted by molar-refractivity contribution is 0.0939. The smallest absolute Gasteiger partial charge is 0.257 e. The molecule has 0 aliphatic carbocycles. The van der Waals surface area contributed by atoms with E-state index in [1.54, 1.807) is 10.9 Å². The highest BCUT2D eigenvalue weighted by Crippen LogP contribution is 2.32. The lowest BCUT2D eigenvalue weighted by Gasteiger charge is -2.21. The minimum absolute atomic E-state index is 0.177. The first-order valence-electron chi connectivity index (χ1n) is 8.49. The van der Waals surface area contributed by atoms with Gasteiger partial charge in [-0.2, -0.15) is 5.10 Å². The quantitative estimate of drug-likeness (QED) is 0.783. The van der Waals surface area contributed by atoms with E-state index in [1.165, 1.54) is 0 Å². The molecule has 1 aliphatic heterocycles. The normalized spacial score (nSPS) is 14.1. The predicted octanol–water partition coefficient (Wildman–Crippen LogP) is 2.47. The van der Waals surface area contributed by atoms with E-state index in [1.807, 2.05) is 61.3 Å². The van der Waals surface area contributed by atoms with Crippen molar-refractivity contribution in [2.24, 2.45) is 7.05 Å². The molecule has 0 fully saturated rings. The minimum atomic E-state index is -0.184. The Hall–Kier alpha value is -3.22. The summed E-state index contributed by atoms with van der Waals surface area (Å²) in [5.41, 5.74) is 1.47. The van der Waals surface area contributed by atoms with Crippen molar-refractivity contribution >= 4 is 5.91 Å². The fourth-order valence-corrected chi connectivity index (χ4v) is 3.06. The predicted molar refractivity (Wildman–Crippen MR) is 95.8 cm³/mol. The monoisotopic (exact) mass is 352 g/mol. The van der Waals surface area contributed by atoms with Crippen LogP contribution in [0.15, 0.2) is 48.9 Å². The van der Waals surface area contributed by atoms with E-state index >= 15 is 0 Å². The van der Waals surface area contributed by atoms with E-state index in [4.69, 9.17) is 9.47 Å². The molecule has 2 aromatic heterocycles. The SMILES string of the molecule is CC(NC(=O)c1cnn(C)c1-n1cccc1)c1ccc2c(c1)OCCO2. The Morgan fingerprint density at radius 2 is 1.92 bits per heavy atom. The average Bonchev–Trinajstić information content (AvgIpc) is 3.30. The number of carbonyl (C=O) groups is 1. The van der Waals surface area contributed by atoms with E-state index < -0.39 is 0 Å². The summed E-state index contributed by atoms with van der Waals surface area (Å²) in [6, 6.07) is 9.36. The Kier molecular flexibility index (Phi) is 4.12. The van der Waals surface area contributed by atoms with Crippen LogP contribution in [0.2, 0.25) is 0 Å². The maximum Gasteiger partial charge on any atom is 0.257 e. The van der Waals surface area contributed by atoms with Crippen LogP contribution in [0.1, 0.15) is 28.9 Å². The summed E-state index contributed by atoms with van der Waals surface area (Å²) < 4.78 is 14.7. The fraction of sp³-hybridized carbons (Fsp3) is 0.263. The van der Waals surface area contributed by atoms with Crippen molar-refractivity contribution in [3.63, 3.8) is 0 Å². The van der Waals surface area contributed by atoms with Crippen LogP contribution in [0.3, 0.4) is 0 Å². The largest absolute Gasteiger partial charge is 0.486 e. The number of aromatic nitrogens is 3. The van der Waals surface area contributed by atoms with Crippen molar-refractivity contribution in [2.45, 2.75) is 13.0 Å². The van der Waals surface area contributed by atoms with E-state index in [2.05, 4.69) is 10.4 Å². The van der Waals surface area contributed by atoms with Crippen LogP contribution < -0.4 is 14.8 Å². The number of amides is 1. The maximum atomic E-state index is 12.8. The number of fused-ring (bicyclic) bond motifs is 1. The summed E-state index contributed by atoms with van der Waals surface area (Å²) in [6.07, 6.45) is 5.36. The van der Waals surface area contributed by atoms with Crippen LogP contribution in [0.5, 0.6) is 11.5 Å². The molecule has 1 amide bonds. The first-order valence-corrected chi connectivity index (χ1v) is 8.49. The number of carbonyl (C=O) groups excluding carboxylic acids is 1. The molecule has 1 aromatic carbocycles. The van der Waals surface area contributed by atoms with Gasteiger partial charge in [0.15, 0.2) is 11.5 Å². The zero-order valence-corrected chi connectivity index (χ0v) is 14.7. The molecule has 1 N–H and O–H groups in total. The van der Waals surface area contributed by atoms with Crippen molar-refractivity contribution in [2.75, 3.05) is 13.2 Å². The van der Waals surface area contributed by atoms with Gasteiger partial charge in [0.2, 0.25) is 0 Å². The molecule has 0 saturated heterocycles. The number of rotatable bonds is 4. The molecule has 7 heteroatoms. The highest BCUT2D eigenvalue weighted by molar-refractivity contribution is 5.97. The summed E-state index contributed by atoms with van der Waals surface area (Å²) in [6.45, 7) is 3.03. The first-order chi connectivity index (χ1) is 12.6. The Bertz CT molecular complexity index is 930. The summed E-state index contributed by atoms with van der Waals surface area (Å²) >= 11 is 0. The number of ether oxygens (including phenoxy) is 2. The van der Waals surface area contributed by atoms with Gasteiger partial charge in [-0.15, -0.1) is 0 Å². The molecule has 3 heterocycles. The van der Waals surface area contributed by atoms with Gasteiger partial charge < -0.3 is 19.4 Å². The second-order valence-corrected chi connectivity index (χ2v) is 6.19. The number of nitrogens with zero attached hydrogens (tertiary/aromatic N) is 3. The molecule has 4 rings (SSSR count). The first kappa shape index (κ1) is 16.3. The van der Waals surface area contributed by atoms with Crippen molar-refractivity contribution in [3.8, 4) is 17.3 Å². The van der Waals surface area contributed by atoms with E-state index in [0.29, 0.717) is 24.5 Å². The van der Waals surface area contributed by atoms with Gasteiger partial charge in [0.05, 0.1) is 12.2 Å². The highest BCUT2D eigenvalue weighted by Gasteiger charge is 2.20. The Morgan fingerprint density at radius 1 is 1.19 bits per heavy atom. The third-order valence-electron chi connectivity index (χ3n) is 4.41. The molecule has 1 atom stereocenters. The lowest BCUT2D eigenvalue weighted by Crippen LogP contribution is -2.27. The number of aryl methyl sites for hydroxylation is 1. The molecule has 0 saturated carbocycles. The third kappa shape index (κ3) is 2.92. The van der Waals surface area contributed by atoms with Gasteiger partial charge in [0.25, 0.3) is 5.91 Å². The third-order valence-corrected chi connectivity index (χ3v) is 4.41. The van der Waals surface area contributed by atoms with E-state index in [-0.39, 0.29) is 11.9 Å². The molecule has 134 valence electrons. The Balaban J connectivity index is 1.55. The van der Waals surface area contributed by atoms with Crippen LogP contribution >= 0.6 is 0 Å². The Morgan fingerprint density at radius 3 is 2.69 bits per heavy atom. The Labute approximate surface area is 151 Å². The number of hydrogen-bond acceptors (Lipinski definition) is 4. The van der Waals surface area contributed by atoms with Gasteiger partial charge in [-0.3, -0.25) is 9.48 Å². The van der Waals surface area contributed by atoms with E-state index in [0.717, 1.165) is 17.1 Å². The van der Waals surface area contributed by atoms with Gasteiger partial charge >= 0.3 is 0 Å². The molecule has 0 bridgehead atoms. The molecule has 3 aromatic rings. The van der Waals surface area contributed by atoms with Gasteiger partial charge in [-0.25, -0.2) is 0 Å². The van der Waals surface area contributed by atoms with Gasteiger partial charge in [0, 0.05) is 19.4 Å². The molecule has 1 aliphatic rings. The van der Waals surface area contributed by atoms with Gasteiger partial charge in [-0.1, -0.05) is 6.07 Å². The zero-order chi connectivity index (χ0) is 18.1. The molecule has 7 nitrogen and oxygen atoms in total. The topological polar surface area (TPSA) is 70.3 Å². The molecule has 1 unspecified atom stereocenters. The van der Waals surface area contributed by atoms with Crippen molar-refractivity contribution in [1.82, 2.24) is 19.7 Å². The number of hydrogen-bond donors (Lipinski definition) is 1. The summed E-state index contributed by atoms with van der Waals surface area (Å²) in [7, 11) is 1.82. The maximum absolute atomic E-state index is 12.8. The van der Waals surface area contributed by atoms with Crippen LogP contribution in [-0.4, -0.2) is 33.5 Å². The fourth-order valence-electron chi connectivity index (χ4n) is 3.06. The summed E-state index contributed by atoms with van der Waals surface area (Å²) in [5.74, 6) is 2.00. The van der Waals surface area contributed by atoms with Crippen molar-refractivity contribution in [3.05, 3.63) is 60.0 Å². The number of benzene rings is 1. The minimum Gasteiger partial charge on any atom is -0.486 e. The summed E-state index contributed by atoms with van der Waals surface area (Å²) in [5, 5.41) is 7.26. The van der Waals surface area contributed by atoms with Crippen molar-refractivity contribution in [1.29, 1.82) is 0 Å². The summed E-state index contributed by atoms with van der Waals surface area (Å²) in [4.78, 5) is 12.8. The molecule has 26 heavy (non-hydrogen) atoms. The molecular formula is C19H20N4O3. The van der Waals surface area contributed by atoms with Crippen LogP contribution in [0.25, 0.3) is 5.82 Å². The van der Waals surface area contributed by atoms with Gasteiger partial charge in [-0.05, 0) is 36.8 Å². The second kappa shape index (κ2) is 6.59. The average molecular weight is 352 g/mol. The standard InChI is InChI=1S/C19H20N4O3/c1-13(14-5-6-16-17(11-14)26-10-9-25-16)21-18(24)15-12-20-22(2)19(15)23-7-3-4-8-23/h3-8,11-13H,9-10H2,1-2H3,(H,21,24). The van der Waals surface area contributed by atoms with Crippen molar-refractivity contribution < 1.29 is 14.3 Å². The van der Waals surface area contributed by atoms with Crippen LogP contribution in [0.4, 0.5) is 0 Å². The molecular weight excluding hydrogens is 332 g/mol. The zero-order valence-electron chi connectivity index (χ0n) is 14.7. The van der Waals surface area contributed by atoms with E-state index in [9.17, 15) is 4.79 Å². The molecule has 0 radical (unpaired) electrons. The van der Waals surface area contributed by atoms with Crippen LogP contribution in [-0.2, 0) is 7.05 Å². The second-order valence-electron chi connectivity index (χ2n) is 6.19. The van der Waals surface area contributed by atoms with Crippen LogP contribution in [0, 0.1) is 0 Å². The highest BCUT2D eigenvalue weighted by atomic mass is 16.6.